The lowest BCUT2D eigenvalue weighted by Crippen LogP contribution is -2.41. The predicted molar refractivity (Wildman–Crippen MR) is 75.5 cm³/mol. The van der Waals surface area contributed by atoms with Gasteiger partial charge in [0.15, 0.2) is 0 Å². The van der Waals surface area contributed by atoms with Crippen LogP contribution in [0.5, 0.6) is 0 Å². The Bertz CT molecular complexity index is 323. The topological polar surface area (TPSA) is 29.5 Å². The number of ether oxygens (including phenoxy) is 1. The van der Waals surface area contributed by atoms with Gasteiger partial charge in [0.2, 0.25) is 0 Å². The van der Waals surface area contributed by atoms with Crippen LogP contribution in [-0.4, -0.2) is 16.8 Å². The van der Waals surface area contributed by atoms with Gasteiger partial charge in [0.25, 0.3) is 0 Å². The van der Waals surface area contributed by atoms with Gasteiger partial charge in [0.1, 0.15) is 0 Å². The third kappa shape index (κ3) is 4.43. The first-order chi connectivity index (χ1) is 8.62. The molecule has 2 unspecified atom stereocenters. The molecule has 1 rings (SSSR count). The standard InChI is InChI=1S/C16H26O2/c1-4-6-12-16(17,5-2)14(3)18-13-15-10-8-7-9-11-15/h7-11,14,17H,4-6,12-13H2,1-3H3. The SMILES string of the molecule is CCCCC(O)(CC)C(C)OCc1ccccc1. The zero-order valence-corrected chi connectivity index (χ0v) is 11.9. The number of rotatable bonds is 8. The number of aliphatic hydroxyl groups is 1. The fourth-order valence-corrected chi connectivity index (χ4v) is 2.10. The van der Waals surface area contributed by atoms with E-state index in [0.717, 1.165) is 31.2 Å². The molecule has 0 saturated heterocycles. The van der Waals surface area contributed by atoms with Crippen molar-refractivity contribution in [3.63, 3.8) is 0 Å². The summed E-state index contributed by atoms with van der Waals surface area (Å²) in [7, 11) is 0. The Labute approximate surface area is 111 Å². The van der Waals surface area contributed by atoms with Crippen LogP contribution in [0.4, 0.5) is 0 Å². The van der Waals surface area contributed by atoms with Crippen molar-refractivity contribution in [3.8, 4) is 0 Å². The second-order valence-electron chi connectivity index (χ2n) is 5.00. The van der Waals surface area contributed by atoms with Crippen LogP contribution in [0.2, 0.25) is 0 Å². The second-order valence-corrected chi connectivity index (χ2v) is 5.00. The zero-order valence-electron chi connectivity index (χ0n) is 11.9. The van der Waals surface area contributed by atoms with Gasteiger partial charge in [-0.1, -0.05) is 57.0 Å². The molecule has 0 bridgehead atoms. The molecule has 1 aromatic rings. The molecule has 0 aromatic heterocycles. The minimum Gasteiger partial charge on any atom is -0.387 e. The van der Waals surface area contributed by atoms with Crippen LogP contribution in [0, 0.1) is 0 Å². The summed E-state index contributed by atoms with van der Waals surface area (Å²) in [5.74, 6) is 0. The molecule has 0 saturated carbocycles. The smallest absolute Gasteiger partial charge is 0.0903 e. The van der Waals surface area contributed by atoms with Gasteiger partial charge < -0.3 is 9.84 Å². The quantitative estimate of drug-likeness (QED) is 0.757. The van der Waals surface area contributed by atoms with Crippen molar-refractivity contribution < 1.29 is 9.84 Å². The molecule has 2 atom stereocenters. The van der Waals surface area contributed by atoms with Crippen LogP contribution < -0.4 is 0 Å². The summed E-state index contributed by atoms with van der Waals surface area (Å²) in [5.41, 5.74) is 0.462. The van der Waals surface area contributed by atoms with Crippen LogP contribution in [0.25, 0.3) is 0 Å². The molecule has 0 radical (unpaired) electrons. The Balaban J connectivity index is 2.49. The van der Waals surface area contributed by atoms with E-state index >= 15 is 0 Å². The van der Waals surface area contributed by atoms with E-state index in [1.54, 1.807) is 0 Å². The van der Waals surface area contributed by atoms with Crippen LogP contribution in [0.15, 0.2) is 30.3 Å². The number of benzene rings is 1. The van der Waals surface area contributed by atoms with E-state index in [-0.39, 0.29) is 6.10 Å². The monoisotopic (exact) mass is 250 g/mol. The summed E-state index contributed by atoms with van der Waals surface area (Å²) in [4.78, 5) is 0. The highest BCUT2D eigenvalue weighted by molar-refractivity contribution is 5.13. The molecular formula is C16H26O2. The number of hydrogen-bond donors (Lipinski definition) is 1. The predicted octanol–water partition coefficient (Wildman–Crippen LogP) is 3.92. The van der Waals surface area contributed by atoms with Crippen molar-refractivity contribution in [2.45, 2.75) is 64.8 Å². The van der Waals surface area contributed by atoms with E-state index in [9.17, 15) is 5.11 Å². The van der Waals surface area contributed by atoms with Gasteiger partial charge in [0, 0.05) is 0 Å². The lowest BCUT2D eigenvalue weighted by atomic mass is 9.89. The number of hydrogen-bond acceptors (Lipinski definition) is 2. The Morgan fingerprint density at radius 2 is 1.89 bits per heavy atom. The molecule has 0 spiro atoms. The Kier molecular flexibility index (Phi) is 6.37. The largest absolute Gasteiger partial charge is 0.387 e. The fraction of sp³-hybridized carbons (Fsp3) is 0.625. The van der Waals surface area contributed by atoms with Crippen molar-refractivity contribution in [1.82, 2.24) is 0 Å². The summed E-state index contributed by atoms with van der Waals surface area (Å²) in [6.07, 6.45) is 3.57. The van der Waals surface area contributed by atoms with Crippen molar-refractivity contribution in [2.24, 2.45) is 0 Å². The first-order valence-corrected chi connectivity index (χ1v) is 7.00. The molecule has 0 aliphatic carbocycles. The highest BCUT2D eigenvalue weighted by atomic mass is 16.5. The maximum atomic E-state index is 10.6. The molecule has 1 aromatic carbocycles. The molecule has 0 amide bonds. The third-order valence-electron chi connectivity index (χ3n) is 3.68. The molecule has 0 aliphatic rings. The van der Waals surface area contributed by atoms with Gasteiger partial charge in [-0.25, -0.2) is 0 Å². The molecule has 2 nitrogen and oxygen atoms in total. The second kappa shape index (κ2) is 7.55. The lowest BCUT2D eigenvalue weighted by Gasteiger charge is -2.33. The van der Waals surface area contributed by atoms with Crippen LogP contribution in [0.1, 0.15) is 52.0 Å². The van der Waals surface area contributed by atoms with E-state index < -0.39 is 5.60 Å². The molecule has 0 heterocycles. The lowest BCUT2D eigenvalue weighted by molar-refractivity contribution is -0.113. The van der Waals surface area contributed by atoms with Crippen molar-refractivity contribution in [3.05, 3.63) is 35.9 Å². The minimum atomic E-state index is -0.690. The van der Waals surface area contributed by atoms with Gasteiger partial charge in [-0.05, 0) is 25.3 Å². The maximum absolute atomic E-state index is 10.6. The van der Waals surface area contributed by atoms with Crippen LogP contribution in [0.3, 0.4) is 0 Å². The fourth-order valence-electron chi connectivity index (χ4n) is 2.10. The third-order valence-corrected chi connectivity index (χ3v) is 3.68. The van der Waals surface area contributed by atoms with E-state index in [4.69, 9.17) is 4.74 Å². The Hall–Kier alpha value is -0.860. The summed E-state index contributed by atoms with van der Waals surface area (Å²) < 4.78 is 5.83. The van der Waals surface area contributed by atoms with Gasteiger partial charge in [-0.15, -0.1) is 0 Å². The van der Waals surface area contributed by atoms with Gasteiger partial charge in [0.05, 0.1) is 18.3 Å². The van der Waals surface area contributed by atoms with Gasteiger partial charge in [-0.3, -0.25) is 0 Å². The van der Waals surface area contributed by atoms with Crippen molar-refractivity contribution >= 4 is 0 Å². The van der Waals surface area contributed by atoms with Crippen LogP contribution >= 0.6 is 0 Å². The Morgan fingerprint density at radius 3 is 2.44 bits per heavy atom. The maximum Gasteiger partial charge on any atom is 0.0903 e. The average molecular weight is 250 g/mol. The van der Waals surface area contributed by atoms with E-state index in [2.05, 4.69) is 6.92 Å². The first-order valence-electron chi connectivity index (χ1n) is 7.00. The van der Waals surface area contributed by atoms with E-state index in [1.807, 2.05) is 44.2 Å². The van der Waals surface area contributed by atoms with Gasteiger partial charge >= 0.3 is 0 Å². The molecule has 102 valence electrons. The summed E-state index contributed by atoms with van der Waals surface area (Å²) in [6, 6.07) is 10.1. The normalized spacial score (nSPS) is 16.2. The van der Waals surface area contributed by atoms with Crippen molar-refractivity contribution in [1.29, 1.82) is 0 Å². The Morgan fingerprint density at radius 1 is 1.22 bits per heavy atom. The number of unbranched alkanes of at least 4 members (excludes halogenated alkanes) is 1. The highest BCUT2D eigenvalue weighted by Gasteiger charge is 2.31. The zero-order chi connectivity index (χ0) is 13.4. The highest BCUT2D eigenvalue weighted by Crippen LogP contribution is 2.25. The molecular weight excluding hydrogens is 224 g/mol. The van der Waals surface area contributed by atoms with Crippen molar-refractivity contribution in [2.75, 3.05) is 0 Å². The molecule has 2 heteroatoms. The minimum absolute atomic E-state index is 0.130. The summed E-state index contributed by atoms with van der Waals surface area (Å²) in [5, 5.41) is 10.6. The first kappa shape index (κ1) is 15.2. The van der Waals surface area contributed by atoms with Gasteiger partial charge in [-0.2, -0.15) is 0 Å². The van der Waals surface area contributed by atoms with E-state index in [1.165, 1.54) is 0 Å². The molecule has 0 aliphatic heterocycles. The molecule has 18 heavy (non-hydrogen) atoms. The van der Waals surface area contributed by atoms with Crippen LogP contribution in [-0.2, 0) is 11.3 Å². The summed E-state index contributed by atoms with van der Waals surface area (Å²) >= 11 is 0. The summed E-state index contributed by atoms with van der Waals surface area (Å²) in [6.45, 7) is 6.71. The average Bonchev–Trinajstić information content (AvgIpc) is 2.43. The molecule has 1 N–H and O–H groups in total. The van der Waals surface area contributed by atoms with E-state index in [0.29, 0.717) is 6.61 Å². The molecule has 0 fully saturated rings.